The number of halogens is 2. The molecule has 3 rings (SSSR count). The highest BCUT2D eigenvalue weighted by Crippen LogP contribution is 2.54. The van der Waals surface area contributed by atoms with E-state index in [0.717, 1.165) is 0 Å². The Morgan fingerprint density at radius 1 is 1.50 bits per heavy atom. The number of pyridine rings is 1. The summed E-state index contributed by atoms with van der Waals surface area (Å²) >= 11 is 0. The fourth-order valence-electron chi connectivity index (χ4n) is 3.46. The summed E-state index contributed by atoms with van der Waals surface area (Å²) < 4.78 is 31.4. The van der Waals surface area contributed by atoms with Gasteiger partial charge in [-0.1, -0.05) is 13.8 Å². The van der Waals surface area contributed by atoms with Crippen molar-refractivity contribution >= 4 is 5.91 Å². The minimum atomic E-state index is -2.38. The molecular formula is C17H19F2N3O2. The smallest absolute Gasteiger partial charge is 0.241 e. The van der Waals surface area contributed by atoms with E-state index >= 15 is 0 Å². The van der Waals surface area contributed by atoms with Gasteiger partial charge in [0, 0.05) is 29.3 Å². The molecule has 2 aliphatic rings. The maximum Gasteiger partial charge on any atom is 0.241 e. The van der Waals surface area contributed by atoms with E-state index in [1.54, 1.807) is 24.9 Å². The summed E-state index contributed by atoms with van der Waals surface area (Å²) in [6.45, 7) is 4.36. The number of alkyl halides is 2. The van der Waals surface area contributed by atoms with Crippen LogP contribution in [0.3, 0.4) is 0 Å². The molecule has 7 heteroatoms. The molecule has 0 bridgehead atoms. The van der Waals surface area contributed by atoms with E-state index in [4.69, 9.17) is 10.00 Å². The van der Waals surface area contributed by atoms with E-state index in [0.29, 0.717) is 29.8 Å². The van der Waals surface area contributed by atoms with Crippen molar-refractivity contribution in [2.45, 2.75) is 33.2 Å². The number of fused-ring (bicyclic) bond motifs is 1. The zero-order valence-corrected chi connectivity index (χ0v) is 13.6. The molecule has 1 saturated carbocycles. The number of carbonyl (C=O) groups is 1. The van der Waals surface area contributed by atoms with Crippen LogP contribution in [0.1, 0.15) is 31.4 Å². The average molecular weight is 335 g/mol. The molecule has 0 aromatic carbocycles. The van der Waals surface area contributed by atoms with Crippen LogP contribution < -0.4 is 4.74 Å². The van der Waals surface area contributed by atoms with E-state index < -0.39 is 17.8 Å². The first-order chi connectivity index (χ1) is 11.4. The monoisotopic (exact) mass is 335 g/mol. The van der Waals surface area contributed by atoms with Crippen molar-refractivity contribution in [3.05, 3.63) is 23.5 Å². The highest BCUT2D eigenvalue weighted by molar-refractivity contribution is 5.83. The van der Waals surface area contributed by atoms with Gasteiger partial charge in [-0.05, 0) is 12.3 Å². The molecule has 1 aliphatic heterocycles. The lowest BCUT2D eigenvalue weighted by atomic mass is 9.84. The molecule has 2 atom stereocenters. The fourth-order valence-corrected chi connectivity index (χ4v) is 3.46. The molecule has 1 aromatic heterocycles. The molecule has 24 heavy (non-hydrogen) atoms. The highest BCUT2D eigenvalue weighted by atomic mass is 19.3. The topological polar surface area (TPSA) is 66.2 Å². The number of nitrogens with zero attached hydrogens (tertiary/aromatic N) is 3. The number of hydrogen-bond acceptors (Lipinski definition) is 4. The van der Waals surface area contributed by atoms with Crippen LogP contribution in [-0.2, 0) is 11.3 Å². The SMILES string of the molecule is CC(C)(C(=O)N1CCOc2c(C#N)cncc2C1)C1CC1C(F)F. The molecule has 1 aromatic rings. The van der Waals surface area contributed by atoms with Gasteiger partial charge in [-0.25, -0.2) is 8.78 Å². The van der Waals surface area contributed by atoms with Gasteiger partial charge in [-0.15, -0.1) is 0 Å². The first-order valence-corrected chi connectivity index (χ1v) is 7.93. The Hall–Kier alpha value is -2.23. The molecule has 0 spiro atoms. The predicted molar refractivity (Wildman–Crippen MR) is 81.2 cm³/mol. The Bertz CT molecular complexity index is 700. The molecule has 1 amide bonds. The van der Waals surface area contributed by atoms with Gasteiger partial charge in [-0.2, -0.15) is 5.26 Å². The van der Waals surface area contributed by atoms with Gasteiger partial charge < -0.3 is 9.64 Å². The van der Waals surface area contributed by atoms with Crippen molar-refractivity contribution < 1.29 is 18.3 Å². The lowest BCUT2D eigenvalue weighted by Gasteiger charge is -2.31. The van der Waals surface area contributed by atoms with Crippen LogP contribution in [-0.4, -0.2) is 35.4 Å². The van der Waals surface area contributed by atoms with Crippen molar-refractivity contribution in [3.8, 4) is 11.8 Å². The van der Waals surface area contributed by atoms with Crippen molar-refractivity contribution in [2.24, 2.45) is 17.3 Å². The third-order valence-corrected chi connectivity index (χ3v) is 4.99. The molecule has 128 valence electrons. The van der Waals surface area contributed by atoms with E-state index in [1.807, 2.05) is 6.07 Å². The number of aromatic nitrogens is 1. The molecule has 1 aliphatic carbocycles. The van der Waals surface area contributed by atoms with Crippen molar-refractivity contribution in [1.29, 1.82) is 5.26 Å². The molecule has 0 saturated heterocycles. The number of rotatable bonds is 3. The largest absolute Gasteiger partial charge is 0.490 e. The van der Waals surface area contributed by atoms with Crippen LogP contribution >= 0.6 is 0 Å². The maximum absolute atomic E-state index is 12.9. The molecule has 0 radical (unpaired) electrons. The summed E-state index contributed by atoms with van der Waals surface area (Å²) in [5.41, 5.74) is 0.157. The summed E-state index contributed by atoms with van der Waals surface area (Å²) in [6.07, 6.45) is 1.01. The van der Waals surface area contributed by atoms with Crippen LogP contribution in [0.4, 0.5) is 8.78 Å². The summed E-state index contributed by atoms with van der Waals surface area (Å²) in [5.74, 6) is -0.685. The van der Waals surface area contributed by atoms with Crippen molar-refractivity contribution in [3.63, 3.8) is 0 Å². The van der Waals surface area contributed by atoms with Crippen LogP contribution in [0.5, 0.6) is 5.75 Å². The van der Waals surface area contributed by atoms with Crippen LogP contribution in [0, 0.1) is 28.6 Å². The van der Waals surface area contributed by atoms with Gasteiger partial charge in [0.1, 0.15) is 24.0 Å². The van der Waals surface area contributed by atoms with Gasteiger partial charge in [0.05, 0.1) is 13.1 Å². The van der Waals surface area contributed by atoms with E-state index in [-0.39, 0.29) is 25.0 Å². The number of nitriles is 1. The van der Waals surface area contributed by atoms with Gasteiger partial charge in [-0.3, -0.25) is 9.78 Å². The number of amides is 1. The standard InChI is InChI=1S/C17H19F2N3O2/c1-17(2,13-5-12(13)15(18)19)16(23)22-3-4-24-14-10(6-20)7-21-8-11(14)9-22/h7-8,12-13,15H,3-5,9H2,1-2H3. The minimum Gasteiger partial charge on any atom is -0.490 e. The van der Waals surface area contributed by atoms with Crippen molar-refractivity contribution in [1.82, 2.24) is 9.88 Å². The molecular weight excluding hydrogens is 316 g/mol. The maximum atomic E-state index is 12.9. The highest BCUT2D eigenvalue weighted by Gasteiger charge is 2.56. The number of carbonyl (C=O) groups excluding carboxylic acids is 1. The second-order valence-electron chi connectivity index (χ2n) is 6.92. The number of hydrogen-bond donors (Lipinski definition) is 0. The number of ether oxygens (including phenoxy) is 1. The van der Waals surface area contributed by atoms with E-state index in [9.17, 15) is 13.6 Å². The Kier molecular flexibility index (Phi) is 4.16. The summed E-state index contributed by atoms with van der Waals surface area (Å²) in [7, 11) is 0. The molecule has 1 fully saturated rings. The normalized spacial score (nSPS) is 23.1. The Balaban J connectivity index is 1.80. The van der Waals surface area contributed by atoms with E-state index in [1.165, 1.54) is 6.20 Å². The summed E-state index contributed by atoms with van der Waals surface area (Å²) in [5, 5.41) is 9.13. The Morgan fingerprint density at radius 2 is 2.25 bits per heavy atom. The zero-order valence-electron chi connectivity index (χ0n) is 13.6. The molecule has 2 unspecified atom stereocenters. The second-order valence-corrected chi connectivity index (χ2v) is 6.92. The Morgan fingerprint density at radius 3 is 2.88 bits per heavy atom. The molecule has 0 N–H and O–H groups in total. The third kappa shape index (κ3) is 2.81. The Labute approximate surface area is 139 Å². The van der Waals surface area contributed by atoms with Crippen LogP contribution in [0.2, 0.25) is 0 Å². The van der Waals surface area contributed by atoms with Crippen molar-refractivity contribution in [2.75, 3.05) is 13.2 Å². The van der Waals surface area contributed by atoms with Gasteiger partial charge in [0.2, 0.25) is 12.3 Å². The van der Waals surface area contributed by atoms with Gasteiger partial charge in [0.25, 0.3) is 0 Å². The fraction of sp³-hybridized carbons (Fsp3) is 0.588. The van der Waals surface area contributed by atoms with Gasteiger partial charge >= 0.3 is 0 Å². The minimum absolute atomic E-state index is 0.158. The lowest BCUT2D eigenvalue weighted by Crippen LogP contribution is -2.43. The first kappa shape index (κ1) is 16.6. The molecule has 2 heterocycles. The first-order valence-electron chi connectivity index (χ1n) is 7.93. The lowest BCUT2D eigenvalue weighted by molar-refractivity contribution is -0.142. The van der Waals surface area contributed by atoms with Crippen LogP contribution in [0.15, 0.2) is 12.4 Å². The quantitative estimate of drug-likeness (QED) is 0.851. The average Bonchev–Trinajstić information content (AvgIpc) is 3.36. The molecule has 5 nitrogen and oxygen atoms in total. The summed E-state index contributed by atoms with van der Waals surface area (Å²) in [4.78, 5) is 18.6. The van der Waals surface area contributed by atoms with Crippen LogP contribution in [0.25, 0.3) is 0 Å². The second kappa shape index (κ2) is 6.00. The third-order valence-electron chi connectivity index (χ3n) is 4.99. The van der Waals surface area contributed by atoms with E-state index in [2.05, 4.69) is 4.98 Å². The zero-order chi connectivity index (χ0) is 17.5. The van der Waals surface area contributed by atoms with Gasteiger partial charge in [0.15, 0.2) is 0 Å². The summed E-state index contributed by atoms with van der Waals surface area (Å²) in [6, 6.07) is 2.03. The predicted octanol–water partition coefficient (Wildman–Crippen LogP) is 2.60.